The number of fused-ring (bicyclic) bond motifs is 1. The molecule has 1 aromatic heterocycles. The van der Waals surface area contributed by atoms with Crippen molar-refractivity contribution in [1.82, 2.24) is 4.98 Å². The second-order valence-corrected chi connectivity index (χ2v) is 10.5. The average molecular weight is 518 g/mol. The summed E-state index contributed by atoms with van der Waals surface area (Å²) in [5.74, 6) is -1.66. The van der Waals surface area contributed by atoms with E-state index in [0.29, 0.717) is 26.8 Å². The largest absolute Gasteiger partial charge is 0.507 e. The number of hydrogen-bond acceptors (Lipinski definition) is 6. The van der Waals surface area contributed by atoms with Crippen molar-refractivity contribution >= 4 is 61.4 Å². The number of nitrogens with zero attached hydrogens (tertiary/aromatic N) is 3. The highest BCUT2D eigenvalue weighted by atomic mass is 35.5. The minimum atomic E-state index is -0.836. The van der Waals surface area contributed by atoms with Crippen LogP contribution in [-0.4, -0.2) is 35.9 Å². The Morgan fingerprint density at radius 3 is 2.44 bits per heavy atom. The fourth-order valence-electron chi connectivity index (χ4n) is 4.43. The molecule has 2 heterocycles. The van der Waals surface area contributed by atoms with Crippen LogP contribution in [0, 0.1) is 13.8 Å². The maximum absolute atomic E-state index is 13.5. The van der Waals surface area contributed by atoms with Crippen LogP contribution in [0.5, 0.6) is 0 Å². The topological polar surface area (TPSA) is 73.7 Å². The molecule has 1 fully saturated rings. The third-order valence-corrected chi connectivity index (χ3v) is 7.62. The molecule has 182 valence electrons. The van der Waals surface area contributed by atoms with Crippen molar-refractivity contribution in [1.29, 1.82) is 0 Å². The van der Waals surface area contributed by atoms with E-state index < -0.39 is 17.7 Å². The second-order valence-electron chi connectivity index (χ2n) is 9.08. The van der Waals surface area contributed by atoms with Crippen LogP contribution in [0.25, 0.3) is 16.0 Å². The Morgan fingerprint density at radius 1 is 1.03 bits per heavy atom. The number of aliphatic hydroxyl groups excluding tert-OH is 1. The van der Waals surface area contributed by atoms with E-state index in [1.54, 1.807) is 18.2 Å². The lowest BCUT2D eigenvalue weighted by Crippen LogP contribution is -2.29. The molecule has 6 nitrogen and oxygen atoms in total. The highest BCUT2D eigenvalue weighted by Gasteiger charge is 2.48. The number of aromatic nitrogens is 1. The second kappa shape index (κ2) is 9.08. The van der Waals surface area contributed by atoms with E-state index in [1.165, 1.54) is 16.2 Å². The van der Waals surface area contributed by atoms with Gasteiger partial charge in [0.05, 0.1) is 21.8 Å². The van der Waals surface area contributed by atoms with Crippen molar-refractivity contribution in [2.24, 2.45) is 0 Å². The number of carbonyl (C=O) groups is 2. The first-order valence-electron chi connectivity index (χ1n) is 11.4. The first-order valence-corrected chi connectivity index (χ1v) is 12.6. The van der Waals surface area contributed by atoms with Gasteiger partial charge >= 0.3 is 5.91 Å². The number of thiazole rings is 1. The molecule has 36 heavy (non-hydrogen) atoms. The molecule has 1 saturated heterocycles. The van der Waals surface area contributed by atoms with Crippen molar-refractivity contribution in [3.63, 3.8) is 0 Å². The number of aryl methyl sites for hydroxylation is 2. The molecule has 1 N–H and O–H groups in total. The molecule has 3 aromatic carbocycles. The Balaban J connectivity index is 1.74. The number of Topliss-reactive ketones (excluding diaryl/α,β-unsaturated/α-hetero) is 1. The SMILES string of the molecule is Cc1ccc(C)c(/C(O)=C2\C(=O)C(=O)N(c3nc4ccc(Cl)cc4s3)C2c2ccc(N(C)C)cc2)c1. The summed E-state index contributed by atoms with van der Waals surface area (Å²) in [5.41, 5.74) is 4.66. The normalized spacial score (nSPS) is 17.2. The standard InChI is InChI=1S/C28H24ClN3O3S/c1-15-5-6-16(2)20(13-15)25(33)23-24(17-7-10-19(11-8-17)31(3)4)32(27(35)26(23)34)28-30-21-12-9-18(29)14-22(21)36-28/h5-14,24,33H,1-4H3/b25-23+. The summed E-state index contributed by atoms with van der Waals surface area (Å²) < 4.78 is 0.802. The molecular weight excluding hydrogens is 494 g/mol. The molecule has 0 aliphatic carbocycles. The molecular formula is C28H24ClN3O3S. The third-order valence-electron chi connectivity index (χ3n) is 6.36. The van der Waals surface area contributed by atoms with Crippen molar-refractivity contribution < 1.29 is 14.7 Å². The molecule has 1 amide bonds. The maximum Gasteiger partial charge on any atom is 0.301 e. The van der Waals surface area contributed by atoms with Gasteiger partial charge in [-0.3, -0.25) is 14.5 Å². The number of halogens is 1. The predicted octanol–water partition coefficient (Wildman–Crippen LogP) is 6.26. The van der Waals surface area contributed by atoms with E-state index in [9.17, 15) is 14.7 Å². The van der Waals surface area contributed by atoms with Gasteiger partial charge in [-0.1, -0.05) is 52.8 Å². The number of benzene rings is 3. The monoisotopic (exact) mass is 517 g/mol. The van der Waals surface area contributed by atoms with Crippen LogP contribution in [-0.2, 0) is 9.59 Å². The molecule has 4 aromatic rings. The van der Waals surface area contributed by atoms with Crippen LogP contribution in [0.1, 0.15) is 28.3 Å². The van der Waals surface area contributed by atoms with Gasteiger partial charge in [0.1, 0.15) is 5.76 Å². The fraction of sp³-hybridized carbons (Fsp3) is 0.179. The summed E-state index contributed by atoms with van der Waals surface area (Å²) in [4.78, 5) is 34.9. The molecule has 1 unspecified atom stereocenters. The van der Waals surface area contributed by atoms with Gasteiger partial charge in [-0.2, -0.15) is 0 Å². The van der Waals surface area contributed by atoms with E-state index in [2.05, 4.69) is 4.98 Å². The molecule has 8 heteroatoms. The summed E-state index contributed by atoms with van der Waals surface area (Å²) in [6.45, 7) is 3.78. The van der Waals surface area contributed by atoms with Gasteiger partial charge in [0.2, 0.25) is 0 Å². The molecule has 0 bridgehead atoms. The number of rotatable bonds is 4. The van der Waals surface area contributed by atoms with E-state index in [4.69, 9.17) is 11.6 Å². The van der Waals surface area contributed by atoms with Crippen LogP contribution in [0.3, 0.4) is 0 Å². The van der Waals surface area contributed by atoms with Crippen LogP contribution in [0.2, 0.25) is 5.02 Å². The summed E-state index contributed by atoms with van der Waals surface area (Å²) in [6, 6.07) is 17.7. The molecule has 1 aliphatic rings. The van der Waals surface area contributed by atoms with E-state index in [0.717, 1.165) is 21.5 Å². The number of amides is 1. The van der Waals surface area contributed by atoms with Crippen LogP contribution < -0.4 is 9.80 Å². The Kier molecular flexibility index (Phi) is 6.06. The number of hydrogen-bond donors (Lipinski definition) is 1. The smallest absolute Gasteiger partial charge is 0.301 e. The van der Waals surface area contributed by atoms with Crippen LogP contribution in [0.4, 0.5) is 10.8 Å². The van der Waals surface area contributed by atoms with E-state index in [1.807, 2.05) is 75.3 Å². The fourth-order valence-corrected chi connectivity index (χ4v) is 5.69. The lowest BCUT2D eigenvalue weighted by molar-refractivity contribution is -0.132. The Morgan fingerprint density at radius 2 is 1.75 bits per heavy atom. The molecule has 1 aliphatic heterocycles. The highest BCUT2D eigenvalue weighted by molar-refractivity contribution is 7.22. The quantitative estimate of drug-likeness (QED) is 0.196. The lowest BCUT2D eigenvalue weighted by atomic mass is 9.93. The number of aliphatic hydroxyl groups is 1. The van der Waals surface area contributed by atoms with E-state index in [-0.39, 0.29) is 11.3 Å². The van der Waals surface area contributed by atoms with Crippen molar-refractivity contribution in [3.05, 3.63) is 93.5 Å². The van der Waals surface area contributed by atoms with Crippen molar-refractivity contribution in [3.8, 4) is 0 Å². The van der Waals surface area contributed by atoms with Crippen LogP contribution in [0.15, 0.2) is 66.2 Å². The first kappa shape index (κ1) is 24.0. The summed E-state index contributed by atoms with van der Waals surface area (Å²) in [5, 5.41) is 12.4. The van der Waals surface area contributed by atoms with Gasteiger partial charge in [0, 0.05) is 30.4 Å². The zero-order valence-corrected chi connectivity index (χ0v) is 21.8. The van der Waals surface area contributed by atoms with Gasteiger partial charge in [-0.05, 0) is 61.4 Å². The van der Waals surface area contributed by atoms with Crippen molar-refractivity contribution in [2.45, 2.75) is 19.9 Å². The lowest BCUT2D eigenvalue weighted by Gasteiger charge is -2.24. The summed E-state index contributed by atoms with van der Waals surface area (Å²) in [7, 11) is 3.88. The molecule has 5 rings (SSSR count). The van der Waals surface area contributed by atoms with Gasteiger partial charge < -0.3 is 10.0 Å². The van der Waals surface area contributed by atoms with E-state index >= 15 is 0 Å². The summed E-state index contributed by atoms with van der Waals surface area (Å²) >= 11 is 7.45. The Hall–Kier alpha value is -3.68. The molecule has 0 saturated carbocycles. The van der Waals surface area contributed by atoms with Crippen molar-refractivity contribution in [2.75, 3.05) is 23.9 Å². The van der Waals surface area contributed by atoms with Crippen LogP contribution >= 0.6 is 22.9 Å². The third kappa shape index (κ3) is 4.04. The minimum Gasteiger partial charge on any atom is -0.507 e. The zero-order valence-electron chi connectivity index (χ0n) is 20.2. The maximum atomic E-state index is 13.5. The predicted molar refractivity (Wildman–Crippen MR) is 146 cm³/mol. The first-order chi connectivity index (χ1) is 17.2. The van der Waals surface area contributed by atoms with Gasteiger partial charge in [0.15, 0.2) is 5.13 Å². The molecule has 0 spiro atoms. The highest BCUT2D eigenvalue weighted by Crippen LogP contribution is 2.45. The minimum absolute atomic E-state index is 0.0450. The summed E-state index contributed by atoms with van der Waals surface area (Å²) in [6.07, 6.45) is 0. The number of anilines is 2. The molecule has 1 atom stereocenters. The average Bonchev–Trinajstić information content (AvgIpc) is 3.38. The number of ketones is 1. The number of carbonyl (C=O) groups excluding carboxylic acids is 2. The Bertz CT molecular complexity index is 1560. The van der Waals surface area contributed by atoms with Gasteiger partial charge in [-0.15, -0.1) is 0 Å². The van der Waals surface area contributed by atoms with Gasteiger partial charge in [0.25, 0.3) is 5.78 Å². The zero-order chi connectivity index (χ0) is 25.7. The van der Waals surface area contributed by atoms with Gasteiger partial charge in [-0.25, -0.2) is 4.98 Å². The Labute approximate surface area is 218 Å². The molecule has 0 radical (unpaired) electrons.